The summed E-state index contributed by atoms with van der Waals surface area (Å²) >= 11 is 1.14. The first kappa shape index (κ1) is 13.7. The molecule has 20 heavy (non-hydrogen) atoms. The molecule has 1 aliphatic heterocycles. The van der Waals surface area contributed by atoms with Gasteiger partial charge in [-0.15, -0.1) is 11.3 Å². The Morgan fingerprint density at radius 2 is 2.25 bits per heavy atom. The molecule has 3 rings (SSSR count). The summed E-state index contributed by atoms with van der Waals surface area (Å²) in [7, 11) is -3.51. The minimum Gasteiger partial charge on any atom is -0.391 e. The molecule has 0 aliphatic carbocycles. The molecule has 0 radical (unpaired) electrons. The summed E-state index contributed by atoms with van der Waals surface area (Å²) in [4.78, 5) is 4.87. The lowest BCUT2D eigenvalue weighted by Gasteiger charge is -2.26. The molecule has 2 aromatic rings. The number of aryl methyl sites for hydroxylation is 1. The second-order valence-electron chi connectivity index (χ2n) is 4.71. The van der Waals surface area contributed by atoms with Crippen molar-refractivity contribution in [1.29, 1.82) is 0 Å². The number of rotatable bonds is 3. The third-order valence-corrected chi connectivity index (χ3v) is 6.96. The predicted octanol–water partition coefficient (Wildman–Crippen LogP) is 0.950. The Morgan fingerprint density at radius 1 is 1.45 bits per heavy atom. The molecule has 1 aliphatic rings. The highest BCUT2D eigenvalue weighted by atomic mass is 32.2. The summed E-state index contributed by atoms with van der Waals surface area (Å²) in [5.41, 5.74) is 0.814. The largest absolute Gasteiger partial charge is 0.391 e. The van der Waals surface area contributed by atoms with Crippen LogP contribution in [0.25, 0.3) is 0 Å². The van der Waals surface area contributed by atoms with Crippen LogP contribution in [0.5, 0.6) is 0 Å². The lowest BCUT2D eigenvalue weighted by atomic mass is 10.3. The molecule has 8 heteroatoms. The maximum absolute atomic E-state index is 12.6. The Morgan fingerprint density at radius 3 is 2.95 bits per heavy atom. The number of aromatic nitrogens is 2. The van der Waals surface area contributed by atoms with E-state index in [1.165, 1.54) is 4.31 Å². The smallest absolute Gasteiger partial charge is 0.253 e. The number of imidazole rings is 1. The topological polar surface area (TPSA) is 75.4 Å². The number of sulfonamides is 1. The van der Waals surface area contributed by atoms with Gasteiger partial charge in [-0.3, -0.25) is 0 Å². The van der Waals surface area contributed by atoms with Crippen LogP contribution in [0.3, 0.4) is 0 Å². The molecule has 0 fully saturated rings. The summed E-state index contributed by atoms with van der Waals surface area (Å²) < 4.78 is 28.9. The van der Waals surface area contributed by atoms with Crippen LogP contribution < -0.4 is 0 Å². The molecule has 0 bridgehead atoms. The number of hydrogen-bond donors (Lipinski definition) is 1. The van der Waals surface area contributed by atoms with Gasteiger partial charge in [0.1, 0.15) is 10.0 Å². The average Bonchev–Trinajstić information content (AvgIpc) is 3.03. The molecule has 0 unspecified atom stereocenters. The minimum atomic E-state index is -3.51. The van der Waals surface area contributed by atoms with Crippen molar-refractivity contribution in [2.75, 3.05) is 6.54 Å². The van der Waals surface area contributed by atoms with E-state index in [-0.39, 0.29) is 6.61 Å². The van der Waals surface area contributed by atoms with E-state index in [1.807, 2.05) is 17.7 Å². The Hall–Kier alpha value is -1.22. The zero-order valence-corrected chi connectivity index (χ0v) is 12.6. The fourth-order valence-corrected chi connectivity index (χ4v) is 5.25. The van der Waals surface area contributed by atoms with Gasteiger partial charge in [0.25, 0.3) is 10.0 Å². The molecule has 0 atom stereocenters. The molecule has 3 heterocycles. The number of hydrogen-bond acceptors (Lipinski definition) is 5. The van der Waals surface area contributed by atoms with Gasteiger partial charge in [0.15, 0.2) is 0 Å². The van der Waals surface area contributed by atoms with Crippen LogP contribution in [0, 0.1) is 6.92 Å². The third kappa shape index (κ3) is 2.18. The first-order valence-electron chi connectivity index (χ1n) is 6.22. The summed E-state index contributed by atoms with van der Waals surface area (Å²) in [6.45, 7) is 3.03. The minimum absolute atomic E-state index is 0.129. The molecule has 0 saturated heterocycles. The average molecular weight is 313 g/mol. The fourth-order valence-electron chi connectivity index (χ4n) is 2.26. The van der Waals surface area contributed by atoms with Gasteiger partial charge in [-0.05, 0) is 18.6 Å². The van der Waals surface area contributed by atoms with Crippen LogP contribution in [-0.4, -0.2) is 33.9 Å². The van der Waals surface area contributed by atoms with Crippen LogP contribution in [0.2, 0.25) is 0 Å². The van der Waals surface area contributed by atoms with Gasteiger partial charge in [0.2, 0.25) is 0 Å². The zero-order chi connectivity index (χ0) is 14.3. The summed E-state index contributed by atoms with van der Waals surface area (Å²) in [6.07, 6.45) is 3.54. The van der Waals surface area contributed by atoms with Crippen molar-refractivity contribution in [1.82, 2.24) is 13.9 Å². The first-order valence-corrected chi connectivity index (χ1v) is 8.48. The quantitative estimate of drug-likeness (QED) is 0.915. The number of thiophene rings is 1. The molecule has 0 amide bonds. The second-order valence-corrected chi connectivity index (χ2v) is 8.01. The number of nitrogens with zero attached hydrogens (tertiary/aromatic N) is 3. The number of aliphatic hydroxyl groups is 1. The Labute approximate surface area is 121 Å². The second kappa shape index (κ2) is 4.96. The van der Waals surface area contributed by atoms with E-state index in [1.54, 1.807) is 12.3 Å². The van der Waals surface area contributed by atoms with E-state index in [0.717, 1.165) is 22.7 Å². The fraction of sp³-hybridized carbons (Fsp3) is 0.417. The Balaban J connectivity index is 1.92. The van der Waals surface area contributed by atoms with Crippen molar-refractivity contribution >= 4 is 21.4 Å². The molecule has 0 saturated carbocycles. The Bertz CT molecular complexity index is 733. The van der Waals surface area contributed by atoms with E-state index >= 15 is 0 Å². The van der Waals surface area contributed by atoms with Crippen LogP contribution in [0.4, 0.5) is 0 Å². The van der Waals surface area contributed by atoms with Gasteiger partial charge >= 0.3 is 0 Å². The van der Waals surface area contributed by atoms with Gasteiger partial charge < -0.3 is 9.67 Å². The highest BCUT2D eigenvalue weighted by molar-refractivity contribution is 7.91. The lowest BCUT2D eigenvalue weighted by molar-refractivity contribution is 0.285. The van der Waals surface area contributed by atoms with Crippen LogP contribution in [-0.2, 0) is 29.7 Å². The van der Waals surface area contributed by atoms with Gasteiger partial charge in [0, 0.05) is 30.4 Å². The van der Waals surface area contributed by atoms with Crippen molar-refractivity contribution in [3.05, 3.63) is 34.7 Å². The number of aliphatic hydroxyl groups excluding tert-OH is 1. The maximum atomic E-state index is 12.6. The van der Waals surface area contributed by atoms with E-state index in [2.05, 4.69) is 4.98 Å². The molecular formula is C12H15N3O3S2. The van der Waals surface area contributed by atoms with E-state index in [9.17, 15) is 13.5 Å². The van der Waals surface area contributed by atoms with Crippen molar-refractivity contribution in [2.24, 2.45) is 0 Å². The third-order valence-electron chi connectivity index (χ3n) is 3.45. The predicted molar refractivity (Wildman–Crippen MR) is 74.8 cm³/mol. The molecule has 1 N–H and O–H groups in total. The highest BCUT2D eigenvalue weighted by Crippen LogP contribution is 2.30. The summed E-state index contributed by atoms with van der Waals surface area (Å²) in [5.74, 6) is 0.760. The van der Waals surface area contributed by atoms with Crippen molar-refractivity contribution in [3.8, 4) is 0 Å². The SMILES string of the molecule is Cc1cc(S(=O)(=O)N2CCn3ccnc3C2)sc1CO. The Kier molecular flexibility index (Phi) is 3.41. The van der Waals surface area contributed by atoms with Gasteiger partial charge in [0.05, 0.1) is 13.2 Å². The van der Waals surface area contributed by atoms with Gasteiger partial charge in [-0.25, -0.2) is 13.4 Å². The van der Waals surface area contributed by atoms with Crippen LogP contribution >= 0.6 is 11.3 Å². The van der Waals surface area contributed by atoms with E-state index in [4.69, 9.17) is 0 Å². The summed E-state index contributed by atoms with van der Waals surface area (Å²) in [6, 6.07) is 1.63. The van der Waals surface area contributed by atoms with Crippen molar-refractivity contribution in [2.45, 2.75) is 30.8 Å². The molecule has 2 aromatic heterocycles. The van der Waals surface area contributed by atoms with E-state index < -0.39 is 10.0 Å². The molecule has 108 valence electrons. The molecule has 6 nitrogen and oxygen atoms in total. The molecule has 0 spiro atoms. The van der Waals surface area contributed by atoms with Crippen molar-refractivity contribution in [3.63, 3.8) is 0 Å². The molecule has 0 aromatic carbocycles. The maximum Gasteiger partial charge on any atom is 0.253 e. The summed E-state index contributed by atoms with van der Waals surface area (Å²) in [5, 5.41) is 9.20. The monoisotopic (exact) mass is 313 g/mol. The zero-order valence-electron chi connectivity index (χ0n) is 11.0. The number of fused-ring (bicyclic) bond motifs is 1. The molecular weight excluding hydrogens is 298 g/mol. The van der Waals surface area contributed by atoms with Crippen LogP contribution in [0.1, 0.15) is 16.3 Å². The van der Waals surface area contributed by atoms with Crippen LogP contribution in [0.15, 0.2) is 22.7 Å². The van der Waals surface area contributed by atoms with Crippen molar-refractivity contribution < 1.29 is 13.5 Å². The lowest BCUT2D eigenvalue weighted by Crippen LogP contribution is -2.37. The first-order chi connectivity index (χ1) is 9.52. The normalized spacial score (nSPS) is 16.3. The standard InChI is InChI=1S/C12H15N3O3S2/c1-9-6-12(19-10(9)8-16)20(17,18)15-5-4-14-3-2-13-11(14)7-15/h2-3,6,16H,4-5,7-8H2,1H3. The van der Waals surface area contributed by atoms with Gasteiger partial charge in [-0.2, -0.15) is 4.31 Å². The highest BCUT2D eigenvalue weighted by Gasteiger charge is 2.30. The van der Waals surface area contributed by atoms with Gasteiger partial charge in [-0.1, -0.05) is 0 Å². The van der Waals surface area contributed by atoms with E-state index in [0.29, 0.717) is 28.7 Å².